The third-order valence-corrected chi connectivity index (χ3v) is 8.32. The van der Waals surface area contributed by atoms with Crippen LogP contribution in [0.1, 0.15) is 66.4 Å². The maximum atomic E-state index is 14.4. The summed E-state index contributed by atoms with van der Waals surface area (Å²) in [5, 5.41) is 4.10. The Hall–Kier alpha value is -3.42. The van der Waals surface area contributed by atoms with E-state index in [4.69, 9.17) is 15.0 Å². The first kappa shape index (κ1) is 30.1. The summed E-state index contributed by atoms with van der Waals surface area (Å²) in [5.41, 5.74) is 6.93. The Morgan fingerprint density at radius 3 is 2.57 bits per heavy atom. The average molecular weight is 605 g/mol. The molecule has 11 nitrogen and oxygen atoms in total. The van der Waals surface area contributed by atoms with E-state index in [-0.39, 0.29) is 36.0 Å². The SMILES string of the molecule is CCN(C(=O)c1cnc(N2C[C@H](c3cc(F)ccc3F)[C@@H](N)C2)nc1)C1CCN(c2nc([C@@H]3CCCO3)no2)CC1.Cl. The lowest BCUT2D eigenvalue weighted by atomic mass is 9.94. The molecule has 226 valence electrons. The normalized spacial score (nSPS) is 22.8. The summed E-state index contributed by atoms with van der Waals surface area (Å²) in [4.78, 5) is 32.6. The molecule has 2 aromatic heterocycles. The molecule has 1 aromatic carbocycles. The molecule has 3 aliphatic heterocycles. The van der Waals surface area contributed by atoms with Crippen molar-refractivity contribution in [3.05, 3.63) is 59.2 Å². The number of halogens is 3. The highest BCUT2D eigenvalue weighted by Crippen LogP contribution is 2.31. The zero-order valence-electron chi connectivity index (χ0n) is 23.4. The van der Waals surface area contributed by atoms with Crippen molar-refractivity contribution in [2.75, 3.05) is 49.1 Å². The van der Waals surface area contributed by atoms with E-state index in [1.807, 2.05) is 16.7 Å². The molecule has 6 rings (SSSR count). The molecular formula is C28H35ClF2N8O3. The second-order valence-corrected chi connectivity index (χ2v) is 10.9. The van der Waals surface area contributed by atoms with Gasteiger partial charge in [-0.3, -0.25) is 4.79 Å². The van der Waals surface area contributed by atoms with Crippen LogP contribution in [0.3, 0.4) is 0 Å². The van der Waals surface area contributed by atoms with Gasteiger partial charge in [0.1, 0.15) is 17.7 Å². The van der Waals surface area contributed by atoms with Crippen molar-refractivity contribution in [2.45, 2.75) is 56.7 Å². The molecule has 0 radical (unpaired) electrons. The maximum absolute atomic E-state index is 14.4. The number of nitrogens with two attached hydrogens (primary N) is 1. The van der Waals surface area contributed by atoms with Crippen LogP contribution in [0.2, 0.25) is 0 Å². The second kappa shape index (κ2) is 12.8. The zero-order chi connectivity index (χ0) is 28.5. The summed E-state index contributed by atoms with van der Waals surface area (Å²) in [6, 6.07) is 3.55. The van der Waals surface area contributed by atoms with Gasteiger partial charge in [0.15, 0.2) is 0 Å². The Morgan fingerprint density at radius 2 is 1.88 bits per heavy atom. The van der Waals surface area contributed by atoms with Gasteiger partial charge < -0.3 is 29.7 Å². The Labute approximate surface area is 248 Å². The number of piperidine rings is 1. The number of hydrogen-bond donors (Lipinski definition) is 1. The molecule has 2 N–H and O–H groups in total. The first-order valence-electron chi connectivity index (χ1n) is 14.2. The number of aromatic nitrogens is 4. The number of nitrogens with zero attached hydrogens (tertiary/aromatic N) is 7. The number of benzene rings is 1. The van der Waals surface area contributed by atoms with Gasteiger partial charge in [0.2, 0.25) is 11.8 Å². The van der Waals surface area contributed by atoms with Gasteiger partial charge in [-0.2, -0.15) is 4.98 Å². The van der Waals surface area contributed by atoms with Crippen molar-refractivity contribution in [2.24, 2.45) is 5.73 Å². The molecule has 0 unspecified atom stereocenters. The van der Waals surface area contributed by atoms with E-state index in [0.29, 0.717) is 56.1 Å². The predicted molar refractivity (Wildman–Crippen MR) is 153 cm³/mol. The molecule has 3 atom stereocenters. The minimum atomic E-state index is -0.504. The van der Waals surface area contributed by atoms with Crippen LogP contribution in [0.5, 0.6) is 0 Å². The summed E-state index contributed by atoms with van der Waals surface area (Å²) in [6.45, 7) is 5.37. The summed E-state index contributed by atoms with van der Waals surface area (Å²) < 4.78 is 39.3. The van der Waals surface area contributed by atoms with Crippen LogP contribution in [0.4, 0.5) is 20.7 Å². The van der Waals surface area contributed by atoms with Gasteiger partial charge in [0.05, 0.1) is 5.56 Å². The first-order valence-corrected chi connectivity index (χ1v) is 14.2. The van der Waals surface area contributed by atoms with Crippen LogP contribution in [0.25, 0.3) is 0 Å². The highest BCUT2D eigenvalue weighted by Gasteiger charge is 2.35. The fourth-order valence-corrected chi connectivity index (χ4v) is 6.08. The summed E-state index contributed by atoms with van der Waals surface area (Å²) in [5.74, 6) is -0.520. The monoisotopic (exact) mass is 604 g/mol. The van der Waals surface area contributed by atoms with Crippen LogP contribution < -0.4 is 15.5 Å². The van der Waals surface area contributed by atoms with Crippen molar-refractivity contribution in [1.29, 1.82) is 0 Å². The zero-order valence-corrected chi connectivity index (χ0v) is 24.2. The maximum Gasteiger partial charge on any atom is 0.324 e. The summed E-state index contributed by atoms with van der Waals surface area (Å²) in [6.07, 6.45) is 6.38. The number of carbonyl (C=O) groups is 1. The smallest absolute Gasteiger partial charge is 0.324 e. The van der Waals surface area contributed by atoms with Crippen molar-refractivity contribution < 1.29 is 22.8 Å². The molecule has 3 fully saturated rings. The van der Waals surface area contributed by atoms with Gasteiger partial charge >= 0.3 is 6.01 Å². The van der Waals surface area contributed by atoms with Gasteiger partial charge in [0, 0.05) is 69.7 Å². The molecule has 3 aromatic rings. The molecule has 3 saturated heterocycles. The van der Waals surface area contributed by atoms with E-state index in [0.717, 1.165) is 44.4 Å². The molecule has 0 spiro atoms. The Balaban J connectivity index is 0.00000353. The predicted octanol–water partition coefficient (Wildman–Crippen LogP) is 3.47. The van der Waals surface area contributed by atoms with Gasteiger partial charge in [-0.25, -0.2) is 18.7 Å². The summed E-state index contributed by atoms with van der Waals surface area (Å²) in [7, 11) is 0. The van der Waals surface area contributed by atoms with Crippen LogP contribution in [-0.4, -0.2) is 82.3 Å². The quantitative estimate of drug-likeness (QED) is 0.428. The lowest BCUT2D eigenvalue weighted by Crippen LogP contribution is -2.47. The van der Waals surface area contributed by atoms with Gasteiger partial charge in [-0.15, -0.1) is 12.4 Å². The van der Waals surface area contributed by atoms with Crippen LogP contribution in [-0.2, 0) is 4.74 Å². The fourth-order valence-electron chi connectivity index (χ4n) is 6.08. The number of amides is 1. The van der Waals surface area contributed by atoms with Gasteiger partial charge in [-0.1, -0.05) is 5.16 Å². The average Bonchev–Trinajstić information content (AvgIpc) is 3.77. The Morgan fingerprint density at radius 1 is 1.12 bits per heavy atom. The van der Waals surface area contributed by atoms with E-state index in [1.54, 1.807) is 0 Å². The highest BCUT2D eigenvalue weighted by atomic mass is 35.5. The number of rotatable bonds is 7. The third-order valence-electron chi connectivity index (χ3n) is 8.32. The summed E-state index contributed by atoms with van der Waals surface area (Å²) >= 11 is 0. The highest BCUT2D eigenvalue weighted by molar-refractivity contribution is 5.94. The molecule has 0 aliphatic carbocycles. The third kappa shape index (κ3) is 6.04. The molecule has 0 bridgehead atoms. The molecule has 5 heterocycles. The minimum absolute atomic E-state index is 0. The van der Waals surface area contributed by atoms with Gasteiger partial charge in [-0.05, 0) is 56.4 Å². The topological polar surface area (TPSA) is 127 Å². The molecule has 42 heavy (non-hydrogen) atoms. The first-order chi connectivity index (χ1) is 19.9. The standard InChI is InChI=1S/C28H34F2N8O3.ClH/c1-2-38(19-7-9-36(10-8-19)28-34-25(35-41-28)24-4-3-11-40-24)26(39)17-13-32-27(33-14-17)37-15-21(23(31)16-37)20-12-18(29)5-6-22(20)30;/h5-6,12-14,19,21,23-24H,2-4,7-11,15-16,31H2,1H3;1H/t21-,23+,24+;/m1./s1. The molecule has 0 saturated carbocycles. The largest absolute Gasteiger partial charge is 0.370 e. The lowest BCUT2D eigenvalue weighted by Gasteiger charge is -2.37. The molecule has 3 aliphatic rings. The molecule has 14 heteroatoms. The Kier molecular flexibility index (Phi) is 9.19. The second-order valence-electron chi connectivity index (χ2n) is 10.9. The number of hydrogen-bond acceptors (Lipinski definition) is 10. The molecule has 1 amide bonds. The fraction of sp³-hybridized carbons (Fsp3) is 0.536. The number of ether oxygens (including phenoxy) is 1. The van der Waals surface area contributed by atoms with Crippen LogP contribution in [0.15, 0.2) is 35.1 Å². The van der Waals surface area contributed by atoms with E-state index in [2.05, 4.69) is 25.0 Å². The van der Waals surface area contributed by atoms with Crippen molar-refractivity contribution in [3.8, 4) is 0 Å². The Bertz CT molecular complexity index is 1370. The van der Waals surface area contributed by atoms with E-state index < -0.39 is 23.6 Å². The van der Waals surface area contributed by atoms with E-state index in [9.17, 15) is 13.6 Å². The van der Waals surface area contributed by atoms with Crippen molar-refractivity contribution >= 4 is 30.3 Å². The van der Waals surface area contributed by atoms with Gasteiger partial charge in [0.25, 0.3) is 5.91 Å². The van der Waals surface area contributed by atoms with E-state index in [1.165, 1.54) is 18.5 Å². The van der Waals surface area contributed by atoms with E-state index >= 15 is 0 Å². The minimum Gasteiger partial charge on any atom is -0.370 e. The lowest BCUT2D eigenvalue weighted by molar-refractivity contribution is 0.0661. The van der Waals surface area contributed by atoms with Crippen molar-refractivity contribution in [3.63, 3.8) is 0 Å². The number of anilines is 2. The van der Waals surface area contributed by atoms with Crippen molar-refractivity contribution in [1.82, 2.24) is 25.0 Å². The van der Waals surface area contributed by atoms with Crippen LogP contribution in [0, 0.1) is 11.6 Å². The van der Waals surface area contributed by atoms with Crippen LogP contribution >= 0.6 is 12.4 Å². The number of carbonyl (C=O) groups excluding carboxylic acids is 1. The molecular weight excluding hydrogens is 570 g/mol.